The van der Waals surface area contributed by atoms with E-state index in [9.17, 15) is 4.79 Å². The van der Waals surface area contributed by atoms with Crippen LogP contribution >= 0.6 is 0 Å². The Bertz CT molecular complexity index is 217. The average molecular weight is 166 g/mol. The van der Waals surface area contributed by atoms with Crippen molar-refractivity contribution in [3.8, 4) is 0 Å². The second-order valence-electron chi connectivity index (χ2n) is 3.49. The van der Waals surface area contributed by atoms with Crippen LogP contribution in [0.1, 0.15) is 40.5 Å². The largest absolute Gasteiger partial charge is 0.295 e. The fraction of sp³-hybridized carbons (Fsp3) is 0.545. The highest BCUT2D eigenvalue weighted by atomic mass is 16.1. The number of carbonyl (C=O) groups excluding carboxylic acids is 1. The molecule has 0 unspecified atom stereocenters. The van der Waals surface area contributed by atoms with Crippen LogP contribution in [-0.4, -0.2) is 5.78 Å². The fourth-order valence-electron chi connectivity index (χ4n) is 1.12. The average Bonchev–Trinajstić information content (AvgIpc) is 1.84. The third-order valence-corrected chi connectivity index (χ3v) is 1.83. The van der Waals surface area contributed by atoms with Gasteiger partial charge in [-0.2, -0.15) is 0 Å². The van der Waals surface area contributed by atoms with E-state index in [0.29, 0.717) is 0 Å². The Hall–Kier alpha value is -0.850. The second kappa shape index (κ2) is 4.91. The van der Waals surface area contributed by atoms with Gasteiger partial charge in [0.25, 0.3) is 0 Å². The monoisotopic (exact) mass is 166 g/mol. The van der Waals surface area contributed by atoms with Gasteiger partial charge in [0, 0.05) is 0 Å². The van der Waals surface area contributed by atoms with Gasteiger partial charge in [0.1, 0.15) is 0 Å². The summed E-state index contributed by atoms with van der Waals surface area (Å²) in [7, 11) is 0. The molecular formula is C11H18O. The first-order valence-corrected chi connectivity index (χ1v) is 4.26. The van der Waals surface area contributed by atoms with Crippen molar-refractivity contribution in [2.24, 2.45) is 0 Å². The molecule has 0 saturated carbocycles. The van der Waals surface area contributed by atoms with Crippen molar-refractivity contribution < 1.29 is 4.79 Å². The summed E-state index contributed by atoms with van der Waals surface area (Å²) >= 11 is 0. The Labute approximate surface area is 75.2 Å². The highest BCUT2D eigenvalue weighted by molar-refractivity contribution is 5.93. The first-order valence-electron chi connectivity index (χ1n) is 4.26. The number of Topliss-reactive ketones (excluding diaryl/α,β-unsaturated/α-hetero) is 1. The zero-order chi connectivity index (χ0) is 9.72. The van der Waals surface area contributed by atoms with E-state index < -0.39 is 0 Å². The van der Waals surface area contributed by atoms with Crippen molar-refractivity contribution >= 4 is 5.78 Å². The van der Waals surface area contributed by atoms with Crippen LogP contribution in [0.4, 0.5) is 0 Å². The Kier molecular flexibility index (Phi) is 4.57. The Morgan fingerprint density at radius 1 is 1.08 bits per heavy atom. The van der Waals surface area contributed by atoms with Crippen LogP contribution in [0.5, 0.6) is 0 Å². The van der Waals surface area contributed by atoms with Crippen molar-refractivity contribution in [3.63, 3.8) is 0 Å². The van der Waals surface area contributed by atoms with E-state index in [1.54, 1.807) is 6.92 Å². The van der Waals surface area contributed by atoms with Crippen LogP contribution in [0, 0.1) is 0 Å². The molecule has 12 heavy (non-hydrogen) atoms. The van der Waals surface area contributed by atoms with E-state index >= 15 is 0 Å². The Morgan fingerprint density at radius 3 is 1.83 bits per heavy atom. The number of rotatable bonds is 4. The van der Waals surface area contributed by atoms with Crippen molar-refractivity contribution in [1.29, 1.82) is 0 Å². The molecule has 0 aromatic carbocycles. The summed E-state index contributed by atoms with van der Waals surface area (Å²) in [5.74, 6) is 0.191. The molecule has 0 spiro atoms. The molecule has 0 aromatic rings. The first-order chi connectivity index (χ1) is 5.45. The highest BCUT2D eigenvalue weighted by Crippen LogP contribution is 2.14. The van der Waals surface area contributed by atoms with E-state index in [0.717, 1.165) is 29.6 Å². The van der Waals surface area contributed by atoms with Gasteiger partial charge in [-0.25, -0.2) is 0 Å². The molecule has 0 aliphatic heterocycles. The van der Waals surface area contributed by atoms with Crippen molar-refractivity contribution in [2.45, 2.75) is 40.5 Å². The molecule has 0 heterocycles. The quantitative estimate of drug-likeness (QED) is 0.462. The zero-order valence-corrected chi connectivity index (χ0v) is 8.53. The molecule has 0 saturated heterocycles. The summed E-state index contributed by atoms with van der Waals surface area (Å²) in [5, 5.41) is 0. The normalized spacial score (nSPS) is 9.33. The van der Waals surface area contributed by atoms with Crippen LogP contribution in [0.3, 0.4) is 0 Å². The summed E-state index contributed by atoms with van der Waals surface area (Å²) in [5.41, 5.74) is 3.22. The fourth-order valence-corrected chi connectivity index (χ4v) is 1.12. The number of ketones is 1. The van der Waals surface area contributed by atoms with E-state index in [4.69, 9.17) is 0 Å². The lowest BCUT2D eigenvalue weighted by Gasteiger charge is -2.05. The Morgan fingerprint density at radius 2 is 1.58 bits per heavy atom. The number of allylic oxidation sites excluding steroid dienone is 3. The summed E-state index contributed by atoms with van der Waals surface area (Å²) < 4.78 is 0. The molecule has 0 amide bonds. The Balaban J connectivity index is 4.28. The molecule has 0 bridgehead atoms. The van der Waals surface area contributed by atoms with Gasteiger partial charge in [0.2, 0.25) is 0 Å². The zero-order valence-electron chi connectivity index (χ0n) is 8.53. The predicted octanol–water partition coefficient (Wildman–Crippen LogP) is 3.27. The molecule has 1 heteroatoms. The van der Waals surface area contributed by atoms with Crippen LogP contribution in [-0.2, 0) is 4.79 Å². The first kappa shape index (κ1) is 11.2. The lowest BCUT2D eigenvalue weighted by atomic mass is 10.00. The van der Waals surface area contributed by atoms with Crippen LogP contribution in [0.15, 0.2) is 23.3 Å². The maximum absolute atomic E-state index is 11.1. The summed E-state index contributed by atoms with van der Waals surface area (Å²) in [6.07, 6.45) is 1.76. The van der Waals surface area contributed by atoms with Crippen molar-refractivity contribution in [1.82, 2.24) is 0 Å². The van der Waals surface area contributed by atoms with Gasteiger partial charge in [0.05, 0.1) is 0 Å². The smallest absolute Gasteiger partial charge is 0.155 e. The lowest BCUT2D eigenvalue weighted by Crippen LogP contribution is -1.99. The minimum Gasteiger partial charge on any atom is -0.295 e. The van der Waals surface area contributed by atoms with Gasteiger partial charge >= 0.3 is 0 Å². The molecule has 1 nitrogen and oxygen atoms in total. The van der Waals surface area contributed by atoms with Gasteiger partial charge in [-0.05, 0) is 46.1 Å². The molecule has 0 radical (unpaired) electrons. The number of hydrogen-bond donors (Lipinski definition) is 0. The molecule has 0 N–H and O–H groups in total. The summed E-state index contributed by atoms with van der Waals surface area (Å²) in [6, 6.07) is 0. The third kappa shape index (κ3) is 4.12. The second-order valence-corrected chi connectivity index (χ2v) is 3.49. The molecule has 68 valence electrons. The minimum absolute atomic E-state index is 0.191. The van der Waals surface area contributed by atoms with Crippen molar-refractivity contribution in [2.75, 3.05) is 0 Å². The van der Waals surface area contributed by atoms with Gasteiger partial charge in [-0.1, -0.05) is 11.1 Å². The van der Waals surface area contributed by atoms with Crippen LogP contribution in [0.2, 0.25) is 0 Å². The standard InChI is InChI=1S/C11H18O/c1-8(2)6-7-11(9(3)4)10(5)12/h1,6-7H2,2-5H3. The van der Waals surface area contributed by atoms with Crippen LogP contribution in [0.25, 0.3) is 0 Å². The molecule has 0 aromatic heterocycles. The van der Waals surface area contributed by atoms with E-state index in [2.05, 4.69) is 6.58 Å². The number of hydrogen-bond acceptors (Lipinski definition) is 1. The van der Waals surface area contributed by atoms with Gasteiger partial charge in [-0.3, -0.25) is 4.79 Å². The maximum Gasteiger partial charge on any atom is 0.155 e. The molecule has 0 rings (SSSR count). The van der Waals surface area contributed by atoms with Crippen LogP contribution < -0.4 is 0 Å². The SMILES string of the molecule is C=C(C)CCC(C(C)=O)=C(C)C. The summed E-state index contributed by atoms with van der Waals surface area (Å²) in [4.78, 5) is 11.1. The summed E-state index contributed by atoms with van der Waals surface area (Å²) in [6.45, 7) is 11.4. The molecule has 0 aliphatic carbocycles. The van der Waals surface area contributed by atoms with Gasteiger partial charge < -0.3 is 0 Å². The van der Waals surface area contributed by atoms with Gasteiger partial charge in [-0.15, -0.1) is 6.58 Å². The highest BCUT2D eigenvalue weighted by Gasteiger charge is 2.04. The van der Waals surface area contributed by atoms with E-state index in [1.807, 2.05) is 20.8 Å². The molecule has 0 fully saturated rings. The number of carbonyl (C=O) groups is 1. The maximum atomic E-state index is 11.1. The molecule has 0 atom stereocenters. The molecular weight excluding hydrogens is 148 g/mol. The lowest BCUT2D eigenvalue weighted by molar-refractivity contribution is -0.113. The minimum atomic E-state index is 0.191. The van der Waals surface area contributed by atoms with Crippen molar-refractivity contribution in [3.05, 3.63) is 23.3 Å². The predicted molar refractivity (Wildman–Crippen MR) is 53.1 cm³/mol. The van der Waals surface area contributed by atoms with E-state index in [1.165, 1.54) is 0 Å². The third-order valence-electron chi connectivity index (χ3n) is 1.83. The van der Waals surface area contributed by atoms with Gasteiger partial charge in [0.15, 0.2) is 5.78 Å². The molecule has 0 aliphatic rings. The topological polar surface area (TPSA) is 17.1 Å². The van der Waals surface area contributed by atoms with E-state index in [-0.39, 0.29) is 5.78 Å².